The number of carbonyl (C=O) groups is 7. The minimum atomic E-state index is -3.42. The summed E-state index contributed by atoms with van der Waals surface area (Å²) in [5.41, 5.74) is 0. The summed E-state index contributed by atoms with van der Waals surface area (Å²) in [4.78, 5) is 95.0. The Morgan fingerprint density at radius 3 is 1.45 bits per heavy atom. The molecule has 0 spiro atoms. The van der Waals surface area contributed by atoms with Gasteiger partial charge in [-0.2, -0.15) is 17.6 Å². The van der Waals surface area contributed by atoms with Crippen molar-refractivity contribution in [2.45, 2.75) is 225 Å². The molecule has 4 aliphatic rings. The largest absolute Gasteiger partial charge is 1.00 e. The molecule has 4 rings (SSSR count). The normalized spacial score (nSPS) is 24.0. The van der Waals surface area contributed by atoms with Gasteiger partial charge in [-0.1, -0.05) is 64.5 Å². The third-order valence-electron chi connectivity index (χ3n) is 14.2. The first-order chi connectivity index (χ1) is 39.7. The maximum absolute atomic E-state index is 14.3. The fourth-order valence-corrected chi connectivity index (χ4v) is 10.5. The summed E-state index contributed by atoms with van der Waals surface area (Å²) in [5, 5.41) is 7.00. The van der Waals surface area contributed by atoms with Gasteiger partial charge in [0, 0.05) is 122 Å². The first-order valence-electron chi connectivity index (χ1n) is 28.8. The Hall–Kier alpha value is -3.78. The first-order valence-corrected chi connectivity index (χ1v) is 30.7. The Labute approximate surface area is 516 Å². The Morgan fingerprint density at radius 2 is 1.07 bits per heavy atom. The van der Waals surface area contributed by atoms with E-state index in [1.165, 1.54) is 41.3 Å². The van der Waals surface area contributed by atoms with E-state index in [0.29, 0.717) is 90.3 Å². The molecule has 0 radical (unpaired) electrons. The van der Waals surface area contributed by atoms with Crippen LogP contribution >= 0.6 is 8.15 Å². The summed E-state index contributed by atoms with van der Waals surface area (Å²) in [5.74, 6) is -11.2. The number of alkyl halides is 4. The molecule has 2 aliphatic carbocycles. The summed E-state index contributed by atoms with van der Waals surface area (Å²) in [7, 11) is 4.14. The maximum Gasteiger partial charge on any atom is 1.00 e. The van der Waals surface area contributed by atoms with Crippen molar-refractivity contribution in [3.63, 3.8) is 0 Å². The Balaban J connectivity index is -0.000000607. The van der Waals surface area contributed by atoms with Crippen molar-refractivity contribution in [1.82, 2.24) is 0 Å². The minimum Gasteiger partial charge on any atom is -1.00 e. The van der Waals surface area contributed by atoms with Crippen molar-refractivity contribution >= 4 is 49.9 Å². The van der Waals surface area contributed by atoms with Crippen molar-refractivity contribution in [3.8, 4) is 0 Å². The summed E-state index contributed by atoms with van der Waals surface area (Å²) < 4.78 is 104. The topological polar surface area (TPSA) is 257 Å². The molecular weight excluding hydrogens is 1140 g/mol. The van der Waals surface area contributed by atoms with E-state index in [1.807, 2.05) is 31.2 Å². The van der Waals surface area contributed by atoms with E-state index in [1.54, 1.807) is 13.6 Å². The number of Topliss-reactive ketones (excluding diaryl/α,β-unsaturated/α-hetero) is 1. The average molecular weight is 1240 g/mol. The molecule has 2 saturated heterocycles. The number of ether oxygens (including phenoxy) is 8. The van der Waals surface area contributed by atoms with E-state index in [2.05, 4.69) is 9.47 Å². The van der Waals surface area contributed by atoms with Gasteiger partial charge in [0.1, 0.15) is 18.5 Å². The van der Waals surface area contributed by atoms with Crippen LogP contribution in [-0.4, -0.2) is 150 Å². The van der Waals surface area contributed by atoms with Gasteiger partial charge in [-0.3, -0.25) is 28.8 Å². The third-order valence-corrected chi connectivity index (χ3v) is 15.5. The smallest absolute Gasteiger partial charge is 1.00 e. The zero-order valence-corrected chi connectivity index (χ0v) is 52.1. The van der Waals surface area contributed by atoms with Crippen molar-refractivity contribution < 1.29 is 119 Å². The van der Waals surface area contributed by atoms with Crippen LogP contribution in [0.1, 0.15) is 178 Å². The van der Waals surface area contributed by atoms with Crippen LogP contribution in [0.3, 0.4) is 0 Å². The number of aliphatic hydroxyl groups excluding tert-OH is 1. The number of hydrogen-bond donors (Lipinski definition) is 1. The van der Waals surface area contributed by atoms with Crippen LogP contribution in [0.15, 0.2) is 36.5 Å². The fourth-order valence-electron chi connectivity index (χ4n) is 9.70. The van der Waals surface area contributed by atoms with Crippen LogP contribution < -0.4 is 18.9 Å². The molecule has 4 fully saturated rings. The average Bonchev–Trinajstić information content (AvgIpc) is 3.22. The fraction of sp³-hybridized carbons (Fsp3) is 0.783. The molecule has 2 saturated carbocycles. The number of aliphatic hydroxyl groups is 1. The van der Waals surface area contributed by atoms with Gasteiger partial charge < -0.3 is 53.7 Å². The number of aldehydes is 1. The maximum atomic E-state index is 14.3. The molecule has 19 nitrogen and oxygen atoms in total. The number of halogens is 4. The van der Waals surface area contributed by atoms with E-state index in [9.17, 15) is 51.1 Å². The molecule has 488 valence electrons. The predicted molar refractivity (Wildman–Crippen MR) is 312 cm³/mol. The Morgan fingerprint density at radius 1 is 0.647 bits per heavy atom. The summed E-state index contributed by atoms with van der Waals surface area (Å²) in [6.45, 7) is 9.27. The number of rotatable bonds is 32. The molecular formula is C60H100F4LiO19P. The van der Waals surface area contributed by atoms with Gasteiger partial charge in [-0.25, -0.2) is 0 Å². The molecule has 0 aromatic rings. The summed E-state index contributed by atoms with van der Waals surface area (Å²) in [6.07, 6.45) is 20.9. The summed E-state index contributed by atoms with van der Waals surface area (Å²) >= 11 is 0. The number of methoxy groups -OCH3 is 2. The van der Waals surface area contributed by atoms with Crippen LogP contribution in [0.5, 0.6) is 0 Å². The molecule has 9 unspecified atom stereocenters. The zero-order chi connectivity index (χ0) is 62.8. The SMILES string of the molecule is C.CCCCC(F)(F)C(=O)/C=C/[C@H]1C(OC2CCCCO2)CC(OC(C)=O)C1C/C=C\CCCC(=O)OC.CCCCC(F)(F)C(=O)CP(C)OC.CO.COC(=O)CCC/C=C\CC1C(OC(C)=O)CC(OC2CCCCO2)[C@@H]1C=O.O=O.[H-].[Li+]. The van der Waals surface area contributed by atoms with E-state index in [-0.39, 0.29) is 101 Å². The van der Waals surface area contributed by atoms with E-state index in [4.69, 9.17) is 48.0 Å². The molecule has 0 bridgehead atoms. The number of hydrogen-bond acceptors (Lipinski definition) is 19. The number of unbranched alkanes of at least 4 members (excludes halogenated alkanes) is 4. The molecule has 25 heteroatoms. The number of carbonyl (C=O) groups excluding carboxylic acids is 7. The van der Waals surface area contributed by atoms with Crippen LogP contribution in [-0.2, 0) is 76.0 Å². The first kappa shape index (κ1) is 85.4. The van der Waals surface area contributed by atoms with Gasteiger partial charge in [-0.05, 0) is 103 Å². The van der Waals surface area contributed by atoms with Crippen molar-refractivity contribution in [2.75, 3.05) is 54.5 Å². The minimum absolute atomic E-state index is 0. The molecule has 2 aliphatic heterocycles. The van der Waals surface area contributed by atoms with Crippen LogP contribution in [0, 0.1) is 33.6 Å². The molecule has 0 amide bonds. The molecule has 0 aromatic carbocycles. The number of esters is 4. The Bertz CT molecular complexity index is 1950. The van der Waals surface area contributed by atoms with Crippen LogP contribution in [0.4, 0.5) is 17.6 Å². The van der Waals surface area contributed by atoms with Crippen molar-refractivity contribution in [3.05, 3.63) is 46.4 Å². The molecule has 11 atom stereocenters. The Kier molecular flexibility index (Phi) is 50.4. The van der Waals surface area contributed by atoms with Crippen LogP contribution in [0.25, 0.3) is 0 Å². The van der Waals surface area contributed by atoms with E-state index >= 15 is 0 Å². The van der Waals surface area contributed by atoms with Gasteiger partial charge in [0.2, 0.25) is 11.6 Å². The standard InChI is InChI=1S/C28H42F2O7.C21H32O7.C9H17F2O2P.CH4O.CH4.Li.O2.H/c1-4-5-17-28(29,30)25(32)16-15-22-21(12-8-6-7-9-13-26(33)34-3)23(36-20(2)31)19-24(22)37-27-14-10-11-18-35-27;1-15(23)27-18-13-19(28-21-11-7-8-12-26-21)17(14-22)16(18)9-5-3-4-6-10-20(24)25-2;1-4-5-6-9(10,11)8(12)7-14(3)13-2;1-2;;;1-2;/h6,8,15-16,21-24,27H,4-5,7,9-14,17-19H2,1-3H3;3,5,14,16-19,21H,4,6-13H2,1-2H3;4-7H2,1-3H3;2H,1H3;1H4;;;/q;;;;;+1;;-1/b8-6-,16-15+;5-3-;;;;;;/t21?,22-,23?,24?,27?;16?,17-,18?,19?,21?;;;;;;/m11....../s1. The van der Waals surface area contributed by atoms with Gasteiger partial charge in [0.15, 0.2) is 12.6 Å². The van der Waals surface area contributed by atoms with Gasteiger partial charge in [-0.15, -0.1) is 0 Å². The zero-order valence-electron chi connectivity index (χ0n) is 52.2. The predicted octanol–water partition coefficient (Wildman–Crippen LogP) is 9.14. The van der Waals surface area contributed by atoms with E-state index < -0.39 is 68.4 Å². The quantitative estimate of drug-likeness (QED) is 0.00757. The molecule has 0 aromatic heterocycles. The van der Waals surface area contributed by atoms with E-state index in [0.717, 1.165) is 64.4 Å². The van der Waals surface area contributed by atoms with Crippen LogP contribution in [0.2, 0.25) is 0 Å². The monoisotopic (exact) mass is 1240 g/mol. The second kappa shape index (κ2) is 50.1. The number of allylic oxidation sites excluding steroid dienone is 5. The second-order valence-corrected chi connectivity index (χ2v) is 22.3. The molecule has 85 heavy (non-hydrogen) atoms. The third kappa shape index (κ3) is 35.7. The number of ketones is 2. The molecule has 1 N–H and O–H groups in total. The van der Waals surface area contributed by atoms with Crippen molar-refractivity contribution in [1.29, 1.82) is 0 Å². The van der Waals surface area contributed by atoms with Gasteiger partial charge in [0.25, 0.3) is 0 Å². The molecule has 2 heterocycles. The van der Waals surface area contributed by atoms with Gasteiger partial charge in [0.05, 0.1) is 32.6 Å². The summed E-state index contributed by atoms with van der Waals surface area (Å²) in [6, 6.07) is 0. The van der Waals surface area contributed by atoms with Crippen molar-refractivity contribution in [2.24, 2.45) is 23.7 Å². The second-order valence-electron chi connectivity index (χ2n) is 20.4. The van der Waals surface area contributed by atoms with Gasteiger partial charge >= 0.3 is 54.6 Å².